The zero-order valence-electron chi connectivity index (χ0n) is 9.48. The molecule has 5 heteroatoms. The molecule has 0 bridgehead atoms. The van der Waals surface area contributed by atoms with E-state index in [9.17, 15) is 8.42 Å². The Bertz CT molecular complexity index is 622. The molecule has 94 valence electrons. The lowest BCUT2D eigenvalue weighted by molar-refractivity contribution is 0.595. The van der Waals surface area contributed by atoms with E-state index in [2.05, 4.69) is 11.7 Å². The van der Waals surface area contributed by atoms with Gasteiger partial charge in [0.15, 0.2) is 9.84 Å². The third-order valence-corrected chi connectivity index (χ3v) is 5.39. The average molecular weight is 296 g/mol. The molecule has 0 unspecified atom stereocenters. The van der Waals surface area contributed by atoms with E-state index in [0.717, 1.165) is 10.5 Å². The Morgan fingerprint density at radius 2 is 1.56 bits per heavy atom. The van der Waals surface area contributed by atoms with Gasteiger partial charge in [0.2, 0.25) is 0 Å². The molecule has 2 nitrogen and oxygen atoms in total. The van der Waals surface area contributed by atoms with Gasteiger partial charge in [-0.05, 0) is 23.8 Å². The standard InChI is InChI=1S/C13H12O2S3/c14-18(15,12-7-2-1-3-8-12)10-11-6-4-5-9-13(11)17-16/h1-9,16H,10H2. The van der Waals surface area contributed by atoms with Crippen LogP contribution in [0.3, 0.4) is 0 Å². The molecule has 0 aliphatic carbocycles. The molecule has 0 spiro atoms. The summed E-state index contributed by atoms with van der Waals surface area (Å²) in [5.41, 5.74) is 0.779. The van der Waals surface area contributed by atoms with E-state index < -0.39 is 9.84 Å². The predicted molar refractivity (Wildman–Crippen MR) is 78.6 cm³/mol. The minimum atomic E-state index is -3.29. The molecule has 0 aliphatic heterocycles. The molecule has 2 aromatic carbocycles. The highest BCUT2D eigenvalue weighted by atomic mass is 33.1. The van der Waals surface area contributed by atoms with Gasteiger partial charge in [-0.25, -0.2) is 8.42 Å². The first-order chi connectivity index (χ1) is 8.63. The van der Waals surface area contributed by atoms with Crippen molar-refractivity contribution in [2.45, 2.75) is 15.5 Å². The maximum Gasteiger partial charge on any atom is 0.182 e. The summed E-state index contributed by atoms with van der Waals surface area (Å²) in [5, 5.41) is 0. The number of hydrogen-bond acceptors (Lipinski definition) is 4. The van der Waals surface area contributed by atoms with E-state index >= 15 is 0 Å². The van der Waals surface area contributed by atoms with Crippen molar-refractivity contribution in [2.75, 3.05) is 0 Å². The fourth-order valence-electron chi connectivity index (χ4n) is 1.63. The van der Waals surface area contributed by atoms with Gasteiger partial charge in [0.05, 0.1) is 10.6 Å². The molecular weight excluding hydrogens is 284 g/mol. The largest absolute Gasteiger partial charge is 0.223 e. The fourth-order valence-corrected chi connectivity index (χ4v) is 4.05. The van der Waals surface area contributed by atoms with Gasteiger partial charge in [-0.3, -0.25) is 0 Å². The first kappa shape index (κ1) is 13.5. The number of thiol groups is 1. The van der Waals surface area contributed by atoms with Crippen molar-refractivity contribution in [1.82, 2.24) is 0 Å². The van der Waals surface area contributed by atoms with Crippen LogP contribution < -0.4 is 0 Å². The normalized spacial score (nSPS) is 11.4. The highest BCUT2D eigenvalue weighted by Crippen LogP contribution is 2.28. The first-order valence-corrected chi connectivity index (χ1v) is 8.83. The van der Waals surface area contributed by atoms with Crippen molar-refractivity contribution in [2.24, 2.45) is 0 Å². The molecule has 0 amide bonds. The fraction of sp³-hybridized carbons (Fsp3) is 0.0769. The van der Waals surface area contributed by atoms with E-state index in [0.29, 0.717) is 4.90 Å². The molecule has 18 heavy (non-hydrogen) atoms. The lowest BCUT2D eigenvalue weighted by atomic mass is 10.2. The van der Waals surface area contributed by atoms with Crippen molar-refractivity contribution in [3.8, 4) is 0 Å². The summed E-state index contributed by atoms with van der Waals surface area (Å²) in [4.78, 5) is 1.23. The molecule has 0 fully saturated rings. The van der Waals surface area contributed by atoms with Crippen molar-refractivity contribution in [3.05, 3.63) is 60.2 Å². The summed E-state index contributed by atoms with van der Waals surface area (Å²) in [7, 11) is -2.03. The highest BCUT2D eigenvalue weighted by molar-refractivity contribution is 8.68. The molecule has 0 radical (unpaired) electrons. The third-order valence-electron chi connectivity index (χ3n) is 2.52. The number of sulfone groups is 1. The molecule has 0 heterocycles. The van der Waals surface area contributed by atoms with Crippen molar-refractivity contribution >= 4 is 32.3 Å². The van der Waals surface area contributed by atoms with Crippen LogP contribution in [0.2, 0.25) is 0 Å². The van der Waals surface area contributed by atoms with Gasteiger partial charge < -0.3 is 0 Å². The van der Waals surface area contributed by atoms with Crippen LogP contribution in [-0.2, 0) is 15.6 Å². The van der Waals surface area contributed by atoms with Crippen LogP contribution >= 0.6 is 22.5 Å². The molecule has 0 aromatic heterocycles. The molecule has 0 N–H and O–H groups in total. The zero-order valence-corrected chi connectivity index (χ0v) is 12.0. The Balaban J connectivity index is 2.34. The summed E-state index contributed by atoms with van der Waals surface area (Å²) in [6, 6.07) is 15.9. The summed E-state index contributed by atoms with van der Waals surface area (Å²) in [6.07, 6.45) is 0. The number of hydrogen-bond donors (Lipinski definition) is 1. The van der Waals surface area contributed by atoms with E-state index in [-0.39, 0.29) is 5.75 Å². The van der Waals surface area contributed by atoms with Gasteiger partial charge in [0.25, 0.3) is 0 Å². The molecule has 0 aliphatic rings. The Morgan fingerprint density at radius 3 is 2.22 bits per heavy atom. The SMILES string of the molecule is O=S(=O)(Cc1ccccc1SS)c1ccccc1. The molecule has 2 aromatic rings. The van der Waals surface area contributed by atoms with Crippen LogP contribution in [0.4, 0.5) is 0 Å². The predicted octanol–water partition coefficient (Wildman–Crippen LogP) is 3.60. The minimum Gasteiger partial charge on any atom is -0.223 e. The van der Waals surface area contributed by atoms with E-state index in [4.69, 9.17) is 0 Å². The molecule has 0 atom stereocenters. The van der Waals surface area contributed by atoms with Gasteiger partial charge in [-0.15, -0.1) is 11.7 Å². The van der Waals surface area contributed by atoms with Crippen LogP contribution in [0.5, 0.6) is 0 Å². The Hall–Kier alpha value is -0.910. The van der Waals surface area contributed by atoms with Gasteiger partial charge in [0.1, 0.15) is 0 Å². The quantitative estimate of drug-likeness (QED) is 0.691. The number of rotatable bonds is 4. The van der Waals surface area contributed by atoms with Crippen LogP contribution in [0, 0.1) is 0 Å². The van der Waals surface area contributed by atoms with Crippen molar-refractivity contribution < 1.29 is 8.42 Å². The summed E-state index contributed by atoms with van der Waals surface area (Å²) in [5.74, 6) is 0.000741. The summed E-state index contributed by atoms with van der Waals surface area (Å²) in [6.45, 7) is 0. The Kier molecular flexibility index (Phi) is 4.37. The van der Waals surface area contributed by atoms with Gasteiger partial charge in [-0.2, -0.15) is 0 Å². The summed E-state index contributed by atoms with van der Waals surface area (Å²) < 4.78 is 24.5. The molecular formula is C13H12O2S3. The summed E-state index contributed by atoms with van der Waals surface area (Å²) >= 11 is 4.14. The second-order valence-corrected chi connectivity index (χ2v) is 6.93. The Morgan fingerprint density at radius 1 is 0.944 bits per heavy atom. The van der Waals surface area contributed by atoms with E-state index in [1.165, 1.54) is 10.8 Å². The van der Waals surface area contributed by atoms with Gasteiger partial charge in [-0.1, -0.05) is 47.2 Å². The average Bonchev–Trinajstić information content (AvgIpc) is 2.40. The third kappa shape index (κ3) is 3.10. The van der Waals surface area contributed by atoms with Crippen LogP contribution in [0.15, 0.2) is 64.4 Å². The molecule has 0 saturated heterocycles. The second-order valence-electron chi connectivity index (χ2n) is 3.77. The Labute approximate surface area is 116 Å². The van der Waals surface area contributed by atoms with Crippen LogP contribution in [0.25, 0.3) is 0 Å². The van der Waals surface area contributed by atoms with Crippen LogP contribution in [0.1, 0.15) is 5.56 Å². The highest BCUT2D eigenvalue weighted by Gasteiger charge is 2.16. The zero-order chi connectivity index (χ0) is 13.0. The van der Waals surface area contributed by atoms with Gasteiger partial charge in [0, 0.05) is 4.90 Å². The van der Waals surface area contributed by atoms with Gasteiger partial charge >= 0.3 is 0 Å². The van der Waals surface area contributed by atoms with Crippen molar-refractivity contribution in [1.29, 1.82) is 0 Å². The maximum absolute atomic E-state index is 12.2. The topological polar surface area (TPSA) is 34.1 Å². The lowest BCUT2D eigenvalue weighted by Crippen LogP contribution is -2.05. The molecule has 2 rings (SSSR count). The smallest absolute Gasteiger partial charge is 0.182 e. The molecule has 0 saturated carbocycles. The first-order valence-electron chi connectivity index (χ1n) is 5.30. The van der Waals surface area contributed by atoms with E-state index in [1.807, 2.05) is 24.3 Å². The second kappa shape index (κ2) is 5.82. The maximum atomic E-state index is 12.2. The van der Waals surface area contributed by atoms with Crippen LogP contribution in [-0.4, -0.2) is 8.42 Å². The van der Waals surface area contributed by atoms with Crippen molar-refractivity contribution in [3.63, 3.8) is 0 Å². The van der Waals surface area contributed by atoms with E-state index in [1.54, 1.807) is 30.3 Å². The monoisotopic (exact) mass is 296 g/mol. The minimum absolute atomic E-state index is 0.000741. The lowest BCUT2D eigenvalue weighted by Gasteiger charge is -2.07. The number of benzene rings is 2.